The fourth-order valence-electron chi connectivity index (χ4n) is 2.76. The van der Waals surface area contributed by atoms with E-state index in [-0.39, 0.29) is 11.3 Å². The van der Waals surface area contributed by atoms with E-state index >= 15 is 0 Å². The number of hydrogen-bond acceptors (Lipinski definition) is 4. The number of aromatic nitrogens is 1. The molecule has 4 heteroatoms. The Hall–Kier alpha value is -1.42. The van der Waals surface area contributed by atoms with E-state index in [4.69, 9.17) is 4.74 Å². The lowest BCUT2D eigenvalue weighted by Crippen LogP contribution is -2.48. The zero-order valence-corrected chi connectivity index (χ0v) is 11.3. The van der Waals surface area contributed by atoms with Gasteiger partial charge in [-0.05, 0) is 33.0 Å². The summed E-state index contributed by atoms with van der Waals surface area (Å²) in [7, 11) is 5.55. The third-order valence-electron chi connectivity index (χ3n) is 3.92. The summed E-state index contributed by atoms with van der Waals surface area (Å²) in [5.41, 5.74) is 0.290. The van der Waals surface area contributed by atoms with Gasteiger partial charge in [-0.2, -0.15) is 0 Å². The van der Waals surface area contributed by atoms with Crippen LogP contribution in [0.1, 0.15) is 36.0 Å². The topological polar surface area (TPSA) is 42.4 Å². The molecule has 1 aliphatic rings. The molecular weight excluding hydrogens is 228 g/mol. The molecule has 0 aliphatic heterocycles. The Kier molecular flexibility index (Phi) is 3.66. The Bertz CT molecular complexity index is 437. The highest BCUT2D eigenvalue weighted by Gasteiger charge is 2.43. The highest BCUT2D eigenvalue weighted by molar-refractivity contribution is 6.03. The third kappa shape index (κ3) is 2.12. The van der Waals surface area contributed by atoms with Crippen molar-refractivity contribution in [3.8, 4) is 5.75 Å². The molecule has 1 aliphatic carbocycles. The number of carbonyl (C=O) groups is 1. The smallest absolute Gasteiger partial charge is 0.184 e. The van der Waals surface area contributed by atoms with Gasteiger partial charge in [-0.3, -0.25) is 14.7 Å². The van der Waals surface area contributed by atoms with Crippen LogP contribution in [0.3, 0.4) is 0 Å². The van der Waals surface area contributed by atoms with Gasteiger partial charge < -0.3 is 4.74 Å². The number of ketones is 1. The molecule has 1 saturated carbocycles. The van der Waals surface area contributed by atoms with Crippen molar-refractivity contribution in [2.24, 2.45) is 0 Å². The molecule has 0 unspecified atom stereocenters. The fraction of sp³-hybridized carbons (Fsp3) is 0.571. The first-order valence-corrected chi connectivity index (χ1v) is 6.31. The van der Waals surface area contributed by atoms with Crippen LogP contribution in [0.4, 0.5) is 0 Å². The normalized spacial score (nSPS) is 18.0. The summed E-state index contributed by atoms with van der Waals surface area (Å²) in [6.07, 6.45) is 7.33. The van der Waals surface area contributed by atoms with Gasteiger partial charge in [0.2, 0.25) is 0 Å². The minimum absolute atomic E-state index is 0.163. The zero-order chi connectivity index (χ0) is 13.2. The number of carbonyl (C=O) groups excluding carboxylic acids is 1. The van der Waals surface area contributed by atoms with Gasteiger partial charge >= 0.3 is 0 Å². The van der Waals surface area contributed by atoms with Crippen molar-refractivity contribution < 1.29 is 9.53 Å². The van der Waals surface area contributed by atoms with Crippen LogP contribution in [0.5, 0.6) is 5.75 Å². The maximum atomic E-state index is 12.7. The van der Waals surface area contributed by atoms with Crippen molar-refractivity contribution in [1.82, 2.24) is 9.88 Å². The minimum atomic E-state index is -0.353. The van der Waals surface area contributed by atoms with Gasteiger partial charge in [0.05, 0.1) is 18.8 Å². The predicted molar refractivity (Wildman–Crippen MR) is 70.0 cm³/mol. The molecule has 0 bridgehead atoms. The van der Waals surface area contributed by atoms with Crippen molar-refractivity contribution in [3.63, 3.8) is 0 Å². The predicted octanol–water partition coefficient (Wildman–Crippen LogP) is 2.15. The van der Waals surface area contributed by atoms with Crippen molar-refractivity contribution in [2.75, 3.05) is 21.2 Å². The summed E-state index contributed by atoms with van der Waals surface area (Å²) in [5, 5.41) is 0. The lowest BCUT2D eigenvalue weighted by Gasteiger charge is -2.34. The first-order valence-electron chi connectivity index (χ1n) is 6.31. The Morgan fingerprint density at radius 2 is 2.00 bits per heavy atom. The second kappa shape index (κ2) is 5.06. The molecular formula is C14H20N2O2. The van der Waals surface area contributed by atoms with E-state index in [1.807, 2.05) is 14.1 Å². The van der Waals surface area contributed by atoms with E-state index in [2.05, 4.69) is 9.88 Å². The van der Waals surface area contributed by atoms with Crippen LogP contribution < -0.4 is 4.74 Å². The largest absolute Gasteiger partial charge is 0.495 e. The average molecular weight is 248 g/mol. The van der Waals surface area contributed by atoms with Gasteiger partial charge in [0.25, 0.3) is 0 Å². The van der Waals surface area contributed by atoms with Gasteiger partial charge in [-0.1, -0.05) is 12.8 Å². The van der Waals surface area contributed by atoms with Crippen LogP contribution in [0.2, 0.25) is 0 Å². The van der Waals surface area contributed by atoms with Gasteiger partial charge in [-0.15, -0.1) is 0 Å². The van der Waals surface area contributed by atoms with Gasteiger partial charge in [0, 0.05) is 11.8 Å². The number of hydrogen-bond donors (Lipinski definition) is 0. The highest BCUT2D eigenvalue weighted by Crippen LogP contribution is 2.36. The van der Waals surface area contributed by atoms with Crippen LogP contribution in [0.15, 0.2) is 18.5 Å². The summed E-state index contributed by atoms with van der Waals surface area (Å²) in [4.78, 5) is 18.9. The lowest BCUT2D eigenvalue weighted by atomic mass is 9.87. The summed E-state index contributed by atoms with van der Waals surface area (Å²) in [6.45, 7) is 0. The molecule has 98 valence electrons. The molecule has 1 heterocycles. The second-order valence-corrected chi connectivity index (χ2v) is 5.08. The molecule has 0 amide bonds. The summed E-state index contributed by atoms with van der Waals surface area (Å²) in [6, 6.07) is 1.78. The molecule has 0 spiro atoms. The molecule has 18 heavy (non-hydrogen) atoms. The molecule has 2 rings (SSSR count). The Morgan fingerprint density at radius 1 is 1.33 bits per heavy atom. The molecule has 4 nitrogen and oxygen atoms in total. The van der Waals surface area contributed by atoms with E-state index in [1.165, 1.54) is 0 Å². The maximum absolute atomic E-state index is 12.7. The maximum Gasteiger partial charge on any atom is 0.184 e. The number of ether oxygens (including phenoxy) is 1. The van der Waals surface area contributed by atoms with Crippen LogP contribution in [-0.2, 0) is 0 Å². The molecule has 0 radical (unpaired) electrons. The summed E-state index contributed by atoms with van der Waals surface area (Å²) < 4.78 is 5.13. The number of nitrogens with zero attached hydrogens (tertiary/aromatic N) is 2. The molecule has 1 aromatic heterocycles. The van der Waals surface area contributed by atoms with Crippen molar-refractivity contribution in [1.29, 1.82) is 0 Å². The Labute approximate surface area is 108 Å². The quantitative estimate of drug-likeness (QED) is 0.766. The monoisotopic (exact) mass is 248 g/mol. The van der Waals surface area contributed by atoms with E-state index in [0.717, 1.165) is 25.7 Å². The van der Waals surface area contributed by atoms with E-state index in [9.17, 15) is 4.79 Å². The molecule has 1 fully saturated rings. The first-order chi connectivity index (χ1) is 8.60. The molecule has 0 saturated heterocycles. The standard InChI is InChI=1S/C14H20N2O2/c1-16(2)14(6-4-5-7-14)13(17)11-8-12(18-3)10-15-9-11/h8-10H,4-7H2,1-3H3. The fourth-order valence-corrected chi connectivity index (χ4v) is 2.76. The summed E-state index contributed by atoms with van der Waals surface area (Å²) >= 11 is 0. The number of rotatable bonds is 4. The number of methoxy groups -OCH3 is 1. The van der Waals surface area contributed by atoms with Crippen molar-refractivity contribution in [3.05, 3.63) is 24.0 Å². The SMILES string of the molecule is COc1cncc(C(=O)C2(N(C)C)CCCC2)c1. The lowest BCUT2D eigenvalue weighted by molar-refractivity contribution is 0.0692. The minimum Gasteiger partial charge on any atom is -0.495 e. The number of Topliss-reactive ketones (excluding diaryl/α,β-unsaturated/α-hetero) is 1. The van der Waals surface area contributed by atoms with E-state index in [1.54, 1.807) is 25.6 Å². The third-order valence-corrected chi connectivity index (χ3v) is 3.92. The van der Waals surface area contributed by atoms with Gasteiger partial charge in [0.1, 0.15) is 5.75 Å². The summed E-state index contributed by atoms with van der Waals surface area (Å²) in [5.74, 6) is 0.796. The van der Waals surface area contributed by atoms with Crippen LogP contribution in [0, 0.1) is 0 Å². The van der Waals surface area contributed by atoms with Gasteiger partial charge in [-0.25, -0.2) is 0 Å². The van der Waals surface area contributed by atoms with Crippen molar-refractivity contribution >= 4 is 5.78 Å². The van der Waals surface area contributed by atoms with Crippen LogP contribution in [0.25, 0.3) is 0 Å². The highest BCUT2D eigenvalue weighted by atomic mass is 16.5. The van der Waals surface area contributed by atoms with E-state index in [0.29, 0.717) is 11.3 Å². The number of pyridine rings is 1. The van der Waals surface area contributed by atoms with Gasteiger partial charge in [0.15, 0.2) is 5.78 Å². The Balaban J connectivity index is 2.34. The molecule has 0 aromatic carbocycles. The number of likely N-dealkylation sites (N-methyl/N-ethyl adjacent to an activating group) is 1. The van der Waals surface area contributed by atoms with Crippen molar-refractivity contribution in [2.45, 2.75) is 31.2 Å². The Morgan fingerprint density at radius 3 is 2.56 bits per heavy atom. The zero-order valence-electron chi connectivity index (χ0n) is 11.3. The second-order valence-electron chi connectivity index (χ2n) is 5.08. The molecule has 0 N–H and O–H groups in total. The molecule has 0 atom stereocenters. The van der Waals surface area contributed by atoms with Crippen LogP contribution >= 0.6 is 0 Å². The first kappa shape index (κ1) is 13.0. The molecule has 1 aromatic rings. The average Bonchev–Trinajstić information content (AvgIpc) is 2.88. The van der Waals surface area contributed by atoms with E-state index < -0.39 is 0 Å². The van der Waals surface area contributed by atoms with Crippen LogP contribution in [-0.4, -0.2) is 42.4 Å².